The Bertz CT molecular complexity index is 1010. The van der Waals surface area contributed by atoms with Crippen molar-refractivity contribution >= 4 is 24.5 Å². The molecule has 1 heterocycles. The van der Waals surface area contributed by atoms with E-state index in [1.54, 1.807) is 0 Å². The molecule has 6 heteroatoms. The summed E-state index contributed by atoms with van der Waals surface area (Å²) < 4.78 is 5.87. The van der Waals surface area contributed by atoms with Crippen molar-refractivity contribution in [3.8, 4) is 0 Å². The first-order valence-electron chi connectivity index (χ1n) is 15.1. The maximum absolute atomic E-state index is 3.98. The lowest BCUT2D eigenvalue weighted by molar-refractivity contribution is -0.562. The Labute approximate surface area is 233 Å². The number of benzene rings is 2. The summed E-state index contributed by atoms with van der Waals surface area (Å²) >= 11 is 0. The Morgan fingerprint density at radius 3 is 0.947 bits per heavy atom. The van der Waals surface area contributed by atoms with Crippen LogP contribution in [0.3, 0.4) is 0 Å². The molecule has 1 saturated heterocycles. The van der Waals surface area contributed by atoms with E-state index in [1.807, 2.05) is 0 Å². The zero-order valence-corrected chi connectivity index (χ0v) is 26.3. The Morgan fingerprint density at radius 2 is 0.737 bits per heavy atom. The maximum Gasteiger partial charge on any atom is 0.295 e. The fourth-order valence-electron chi connectivity index (χ4n) is 8.25. The summed E-state index contributed by atoms with van der Waals surface area (Å²) in [5.41, 5.74) is 2.55. The highest BCUT2D eigenvalue weighted by Crippen LogP contribution is 2.54. The summed E-state index contributed by atoms with van der Waals surface area (Å²) in [7, 11) is 0. The second-order valence-corrected chi connectivity index (χ2v) is 13.6. The molecule has 208 valence electrons. The largest absolute Gasteiger partial charge is 0.587 e. The van der Waals surface area contributed by atoms with Gasteiger partial charge in [-0.2, -0.15) is 0 Å². The van der Waals surface area contributed by atoms with Crippen LogP contribution in [0, 0.1) is 0 Å². The van der Waals surface area contributed by atoms with E-state index in [1.165, 1.54) is 22.8 Å². The summed E-state index contributed by atoms with van der Waals surface area (Å²) in [5, 5.41) is 7.97. The third-order valence-electron chi connectivity index (χ3n) is 9.17. The van der Waals surface area contributed by atoms with Crippen LogP contribution in [-0.2, 0) is 0 Å². The molecule has 3 rings (SSSR count). The molecule has 0 radical (unpaired) electrons. The van der Waals surface area contributed by atoms with Crippen LogP contribution in [0.2, 0.25) is 23.3 Å². The van der Waals surface area contributed by atoms with Gasteiger partial charge in [0.15, 0.2) is 11.7 Å². The maximum atomic E-state index is 3.98. The molecule has 0 saturated carbocycles. The van der Waals surface area contributed by atoms with Gasteiger partial charge in [0.05, 0.1) is 23.2 Å². The molecule has 2 aromatic carbocycles. The minimum absolute atomic E-state index is 0.325. The van der Waals surface area contributed by atoms with Gasteiger partial charge < -0.3 is 8.80 Å². The molecule has 38 heavy (non-hydrogen) atoms. The molecular formula is C32H54B2N4. The van der Waals surface area contributed by atoms with E-state index in [2.05, 4.69) is 163 Å². The van der Waals surface area contributed by atoms with Crippen LogP contribution < -0.4 is 10.6 Å². The summed E-state index contributed by atoms with van der Waals surface area (Å²) in [5.74, 6) is 4.31. The zero-order valence-electron chi connectivity index (χ0n) is 26.3. The van der Waals surface area contributed by atoms with Crippen molar-refractivity contribution in [2.24, 2.45) is 0 Å². The number of nitrogens with zero attached hydrogens (tertiary/aromatic N) is 2. The van der Waals surface area contributed by atoms with Crippen molar-refractivity contribution in [1.82, 2.24) is 10.6 Å². The smallest absolute Gasteiger partial charge is 0.295 e. The first-order chi connectivity index (χ1) is 17.8. The van der Waals surface area contributed by atoms with Crippen LogP contribution in [0.25, 0.3) is 0 Å². The summed E-state index contributed by atoms with van der Waals surface area (Å²) in [6, 6.07) is 22.7. The van der Waals surface area contributed by atoms with Gasteiger partial charge in [0.2, 0.25) is 0 Å². The van der Waals surface area contributed by atoms with E-state index in [4.69, 9.17) is 0 Å². The molecule has 2 N–H and O–H groups in total. The molecule has 1 aliphatic rings. The zero-order chi connectivity index (χ0) is 28.4. The number of hydrogen-bond donors (Lipinski definition) is 2. The van der Waals surface area contributed by atoms with E-state index in [-0.39, 0.29) is 0 Å². The quantitative estimate of drug-likeness (QED) is 0.282. The van der Waals surface area contributed by atoms with Crippen molar-refractivity contribution in [2.75, 3.05) is 0 Å². The van der Waals surface area contributed by atoms with Crippen molar-refractivity contribution in [3.05, 3.63) is 71.8 Å². The average molecular weight is 516 g/mol. The Kier molecular flexibility index (Phi) is 9.27. The monoisotopic (exact) mass is 516 g/mol. The minimum Gasteiger partial charge on any atom is -0.587 e. The third kappa shape index (κ3) is 4.84. The van der Waals surface area contributed by atoms with Gasteiger partial charge in [-0.15, -0.1) is 0 Å². The predicted molar refractivity (Wildman–Crippen MR) is 170 cm³/mol. The topological polar surface area (TPSA) is 30.1 Å². The Hall–Kier alpha value is -2.49. The van der Waals surface area contributed by atoms with Gasteiger partial charge >= 0.3 is 0 Å². The second kappa shape index (κ2) is 11.7. The van der Waals surface area contributed by atoms with Crippen LogP contribution in [0.4, 0.5) is 0 Å². The van der Waals surface area contributed by atoms with Gasteiger partial charge in [-0.05, 0) is 52.0 Å². The van der Waals surface area contributed by atoms with Crippen LogP contribution in [0.1, 0.15) is 94.2 Å². The first-order valence-corrected chi connectivity index (χ1v) is 15.1. The van der Waals surface area contributed by atoms with E-state index >= 15 is 0 Å². The third-order valence-corrected chi connectivity index (χ3v) is 9.17. The van der Waals surface area contributed by atoms with E-state index in [9.17, 15) is 0 Å². The highest BCUT2D eigenvalue weighted by Gasteiger charge is 2.67. The Morgan fingerprint density at radius 1 is 0.474 bits per heavy atom. The van der Waals surface area contributed by atoms with Gasteiger partial charge in [0, 0.05) is 0 Å². The number of rotatable bonds is 8. The molecule has 4 nitrogen and oxygen atoms in total. The fourth-order valence-corrected chi connectivity index (χ4v) is 8.25. The predicted octanol–water partition coefficient (Wildman–Crippen LogP) is 7.44. The SMILES string of the molecule is CC(C)NC(c1ccccc1)=[N+]1[B-](C(C)C)(C(C)C)[N+](=C(NC(C)C)c2ccccc2)[B-]1(C(C)C)C(C)C. The molecule has 0 aliphatic carbocycles. The molecule has 0 unspecified atom stereocenters. The second-order valence-electron chi connectivity index (χ2n) is 13.6. The molecule has 0 atom stereocenters. The average Bonchev–Trinajstić information content (AvgIpc) is 2.82. The van der Waals surface area contributed by atoms with E-state index < -0.39 is 12.8 Å². The molecular weight excluding hydrogens is 462 g/mol. The minimum atomic E-state index is -1.18. The molecule has 1 fully saturated rings. The summed E-state index contributed by atoms with van der Waals surface area (Å²) in [6.45, 7) is 28.6. The number of amidine groups is 2. The highest BCUT2D eigenvalue weighted by atomic mass is 15.3. The van der Waals surface area contributed by atoms with E-state index in [0.29, 0.717) is 35.4 Å². The summed E-state index contributed by atoms with van der Waals surface area (Å²) in [6.07, 6.45) is -2.36. The van der Waals surface area contributed by atoms with Gasteiger partial charge in [0.1, 0.15) is 0 Å². The van der Waals surface area contributed by atoms with Gasteiger partial charge in [-0.1, -0.05) is 115 Å². The lowest BCUT2D eigenvalue weighted by atomic mass is 9.08. The van der Waals surface area contributed by atoms with Crippen molar-refractivity contribution in [3.63, 3.8) is 0 Å². The Balaban J connectivity index is 2.66. The standard InChI is InChI=1S/C32H54B2N4/c1-23(2)33(24(3)4)37(31(35-27(9)10)29-19-15-13-16-20-29)34(25(5)6,26(7)8)38(33)32(36-28(11)12)30-21-17-14-18-22-30/h13-28,35-36H,1-12H3. The van der Waals surface area contributed by atoms with Crippen molar-refractivity contribution < 1.29 is 8.80 Å². The van der Waals surface area contributed by atoms with E-state index in [0.717, 1.165) is 0 Å². The lowest BCUT2D eigenvalue weighted by Crippen LogP contribution is -2.93. The first kappa shape index (κ1) is 30.1. The molecule has 0 amide bonds. The van der Waals surface area contributed by atoms with Gasteiger partial charge in [-0.3, -0.25) is 10.6 Å². The van der Waals surface area contributed by atoms with Crippen LogP contribution in [0.15, 0.2) is 60.7 Å². The lowest BCUT2D eigenvalue weighted by Gasteiger charge is -2.78. The molecule has 0 aromatic heterocycles. The van der Waals surface area contributed by atoms with Crippen LogP contribution in [-0.4, -0.2) is 45.4 Å². The highest BCUT2D eigenvalue weighted by molar-refractivity contribution is 6.93. The molecule has 0 bridgehead atoms. The fraction of sp³-hybridized carbons (Fsp3) is 0.562. The number of nitrogens with one attached hydrogen (secondary N) is 2. The molecule has 0 spiro atoms. The molecule has 2 aromatic rings. The van der Waals surface area contributed by atoms with Crippen molar-refractivity contribution in [2.45, 2.75) is 118 Å². The van der Waals surface area contributed by atoms with Crippen LogP contribution in [0.5, 0.6) is 0 Å². The molecule has 1 aliphatic heterocycles. The van der Waals surface area contributed by atoms with Gasteiger partial charge in [-0.25, -0.2) is 0 Å². The normalized spacial score (nSPS) is 16.6. The van der Waals surface area contributed by atoms with Gasteiger partial charge in [0.25, 0.3) is 12.8 Å². The van der Waals surface area contributed by atoms with Crippen molar-refractivity contribution in [1.29, 1.82) is 0 Å². The summed E-state index contributed by atoms with van der Waals surface area (Å²) in [4.78, 5) is 0. The van der Waals surface area contributed by atoms with Crippen LogP contribution >= 0.6 is 0 Å². The number of hydrogen-bond acceptors (Lipinski definition) is 0.